The van der Waals surface area contributed by atoms with Crippen LogP contribution in [-0.2, 0) is 29.0 Å². The Labute approximate surface area is 239 Å². The van der Waals surface area contributed by atoms with Crippen LogP contribution in [0.5, 0.6) is 0 Å². The first kappa shape index (κ1) is 32.4. The molecule has 42 heavy (non-hydrogen) atoms. The Morgan fingerprint density at radius 1 is 0.857 bits per heavy atom. The maximum Gasteiger partial charge on any atom is 0.241 e. The van der Waals surface area contributed by atoms with Crippen molar-refractivity contribution in [1.82, 2.24) is 4.72 Å². The Kier molecular flexibility index (Phi) is 10.7. The Hall–Kier alpha value is -2.52. The molecular formula is C24H32N4O13S. The first-order valence-corrected chi connectivity index (χ1v) is 14.3. The Morgan fingerprint density at radius 3 is 2.14 bits per heavy atom. The number of fused-ring (bicyclic) bond motifs is 1. The molecule has 2 heterocycles. The van der Waals surface area contributed by atoms with E-state index in [1.807, 2.05) is 0 Å². The summed E-state index contributed by atoms with van der Waals surface area (Å²) in [5.74, 6) is 0. The molecule has 18 heteroatoms. The van der Waals surface area contributed by atoms with E-state index < -0.39 is 84.6 Å². The molecule has 0 saturated carbocycles. The predicted molar refractivity (Wildman–Crippen MR) is 140 cm³/mol. The number of rotatable bonds is 11. The van der Waals surface area contributed by atoms with E-state index in [-0.39, 0.29) is 23.7 Å². The van der Waals surface area contributed by atoms with E-state index in [1.165, 1.54) is 18.2 Å². The summed E-state index contributed by atoms with van der Waals surface area (Å²) in [6.07, 6.45) is -16.2. The van der Waals surface area contributed by atoms with E-state index in [2.05, 4.69) is 14.7 Å². The zero-order valence-corrected chi connectivity index (χ0v) is 22.7. The van der Waals surface area contributed by atoms with Crippen LogP contribution in [0.3, 0.4) is 0 Å². The third kappa shape index (κ3) is 6.67. The SMILES string of the molecule is [N-]=[N+]=Nc1cccc2c(S(=O)(=O)NCCO[C@H]3O[C@H](CO)[C@@H](O)[C@H](O)[C@@H]3O[C@H]3O[C@H](CO)[C@@H](O)[C@H](O)[C@@H]3O)cccc12. The molecule has 0 radical (unpaired) electrons. The second kappa shape index (κ2) is 13.8. The Bertz CT molecular complexity index is 1380. The molecule has 0 bridgehead atoms. The molecule has 8 N–H and O–H groups in total. The van der Waals surface area contributed by atoms with E-state index in [1.54, 1.807) is 18.2 Å². The third-order valence-electron chi connectivity index (χ3n) is 6.94. The summed E-state index contributed by atoms with van der Waals surface area (Å²) in [6, 6.07) is 9.09. The largest absolute Gasteiger partial charge is 0.394 e. The minimum absolute atomic E-state index is 0.0911. The van der Waals surface area contributed by atoms with Gasteiger partial charge in [0.15, 0.2) is 12.6 Å². The number of benzene rings is 2. The minimum Gasteiger partial charge on any atom is -0.394 e. The number of nitrogens with zero attached hydrogens (tertiary/aromatic N) is 3. The number of sulfonamides is 1. The third-order valence-corrected chi connectivity index (χ3v) is 8.46. The van der Waals surface area contributed by atoms with Gasteiger partial charge >= 0.3 is 0 Å². The summed E-state index contributed by atoms with van der Waals surface area (Å²) in [6.45, 7) is -2.15. The molecule has 232 valence electrons. The molecule has 0 amide bonds. The summed E-state index contributed by atoms with van der Waals surface area (Å²) < 4.78 is 50.5. The quantitative estimate of drug-likeness (QED) is 0.0572. The van der Waals surface area contributed by atoms with Gasteiger partial charge in [-0.1, -0.05) is 35.4 Å². The standard InChI is InChI=1S/C24H32N4O13S/c25-28-27-13-5-1-4-12-11(13)3-2-6-16(12)42(36,37)26-7-8-38-24-22(20(34)18(32)15(10-30)40-24)41-23-21(35)19(33)17(31)14(9-29)39-23/h1-6,14-15,17-24,26,29-35H,7-10H2/t14-,15-,17-,18-,19+,20+,21+,22+,23-,24+/m1/s1. The van der Waals surface area contributed by atoms with Crippen LogP contribution < -0.4 is 4.72 Å². The lowest BCUT2D eigenvalue weighted by molar-refractivity contribution is -0.367. The fourth-order valence-corrected chi connectivity index (χ4v) is 5.97. The number of ether oxygens (including phenoxy) is 4. The highest BCUT2D eigenvalue weighted by molar-refractivity contribution is 7.89. The van der Waals surface area contributed by atoms with Crippen LogP contribution in [0.2, 0.25) is 0 Å². The highest BCUT2D eigenvalue weighted by Crippen LogP contribution is 2.31. The molecule has 0 unspecified atom stereocenters. The molecule has 2 aromatic carbocycles. The molecule has 2 saturated heterocycles. The van der Waals surface area contributed by atoms with Crippen LogP contribution in [0.15, 0.2) is 46.4 Å². The second-order valence-corrected chi connectivity index (χ2v) is 11.3. The molecule has 2 aliphatic heterocycles. The summed E-state index contributed by atoms with van der Waals surface area (Å²) in [5.41, 5.74) is 9.04. The molecule has 17 nitrogen and oxygen atoms in total. The average Bonchev–Trinajstić information content (AvgIpc) is 2.98. The first-order valence-electron chi connectivity index (χ1n) is 12.8. The normalized spacial score (nSPS) is 33.8. The number of hydrogen-bond acceptors (Lipinski definition) is 14. The maximum atomic E-state index is 13.1. The van der Waals surface area contributed by atoms with Gasteiger partial charge in [0.2, 0.25) is 10.0 Å². The number of aliphatic hydroxyl groups excluding tert-OH is 7. The van der Waals surface area contributed by atoms with Crippen molar-refractivity contribution in [1.29, 1.82) is 0 Å². The predicted octanol–water partition coefficient (Wildman–Crippen LogP) is -2.30. The molecular weight excluding hydrogens is 584 g/mol. The summed E-state index contributed by atoms with van der Waals surface area (Å²) in [4.78, 5) is 2.66. The van der Waals surface area contributed by atoms with Gasteiger partial charge in [0.25, 0.3) is 0 Å². The van der Waals surface area contributed by atoms with Crippen molar-refractivity contribution in [2.24, 2.45) is 5.11 Å². The van der Waals surface area contributed by atoms with Gasteiger partial charge in [0, 0.05) is 22.5 Å². The Morgan fingerprint density at radius 2 is 1.48 bits per heavy atom. The van der Waals surface area contributed by atoms with Gasteiger partial charge in [-0.05, 0) is 17.0 Å². The van der Waals surface area contributed by atoms with Crippen LogP contribution in [0.25, 0.3) is 21.2 Å². The van der Waals surface area contributed by atoms with Crippen LogP contribution >= 0.6 is 0 Å². The van der Waals surface area contributed by atoms with Crippen molar-refractivity contribution in [2.75, 3.05) is 26.4 Å². The number of aliphatic hydroxyl groups is 7. The van der Waals surface area contributed by atoms with E-state index in [4.69, 9.17) is 24.5 Å². The molecule has 4 rings (SSSR count). The van der Waals surface area contributed by atoms with Crippen LogP contribution in [0.1, 0.15) is 0 Å². The summed E-state index contributed by atoms with van der Waals surface area (Å²) >= 11 is 0. The van der Waals surface area contributed by atoms with Gasteiger partial charge in [-0.3, -0.25) is 0 Å². The van der Waals surface area contributed by atoms with E-state index >= 15 is 0 Å². The monoisotopic (exact) mass is 616 g/mol. The fourth-order valence-electron chi connectivity index (χ4n) is 4.73. The van der Waals surface area contributed by atoms with Gasteiger partial charge in [-0.15, -0.1) is 0 Å². The molecule has 0 spiro atoms. The van der Waals surface area contributed by atoms with Crippen LogP contribution in [0.4, 0.5) is 5.69 Å². The fraction of sp³-hybridized carbons (Fsp3) is 0.583. The minimum atomic E-state index is -4.11. The lowest BCUT2D eigenvalue weighted by Crippen LogP contribution is -2.64. The van der Waals surface area contributed by atoms with Gasteiger partial charge in [-0.2, -0.15) is 0 Å². The van der Waals surface area contributed by atoms with Crippen molar-refractivity contribution < 1.29 is 63.1 Å². The number of hydrogen-bond donors (Lipinski definition) is 8. The average molecular weight is 617 g/mol. The molecule has 2 fully saturated rings. The highest BCUT2D eigenvalue weighted by Gasteiger charge is 2.50. The van der Waals surface area contributed by atoms with Crippen molar-refractivity contribution in [3.8, 4) is 0 Å². The van der Waals surface area contributed by atoms with E-state index in [0.29, 0.717) is 10.8 Å². The summed E-state index contributed by atoms with van der Waals surface area (Å²) in [7, 11) is -4.11. The molecule has 0 aliphatic carbocycles. The van der Waals surface area contributed by atoms with Crippen molar-refractivity contribution in [2.45, 2.75) is 66.3 Å². The van der Waals surface area contributed by atoms with Crippen molar-refractivity contribution in [3.63, 3.8) is 0 Å². The van der Waals surface area contributed by atoms with Gasteiger partial charge in [0.1, 0.15) is 48.8 Å². The summed E-state index contributed by atoms with van der Waals surface area (Å²) in [5, 5.41) is 74.6. The molecule has 2 aromatic rings. The number of azide groups is 1. The zero-order chi connectivity index (χ0) is 30.6. The maximum absolute atomic E-state index is 13.1. The zero-order valence-electron chi connectivity index (χ0n) is 21.9. The molecule has 0 aromatic heterocycles. The molecule has 10 atom stereocenters. The van der Waals surface area contributed by atoms with Gasteiger partial charge in [-0.25, -0.2) is 13.1 Å². The first-order chi connectivity index (χ1) is 20.0. The molecule has 2 aliphatic rings. The van der Waals surface area contributed by atoms with Crippen molar-refractivity contribution in [3.05, 3.63) is 46.8 Å². The van der Waals surface area contributed by atoms with Crippen LogP contribution in [-0.4, -0.2) is 132 Å². The smallest absolute Gasteiger partial charge is 0.241 e. The number of nitrogens with one attached hydrogen (secondary N) is 1. The van der Waals surface area contributed by atoms with Gasteiger partial charge < -0.3 is 54.7 Å². The van der Waals surface area contributed by atoms with Crippen LogP contribution in [0, 0.1) is 0 Å². The Balaban J connectivity index is 1.46. The van der Waals surface area contributed by atoms with Crippen molar-refractivity contribution >= 4 is 26.5 Å². The van der Waals surface area contributed by atoms with Gasteiger partial charge in [0.05, 0.1) is 24.7 Å². The second-order valence-electron chi connectivity index (χ2n) is 9.59. The topological polar surface area (TPSA) is 273 Å². The highest BCUT2D eigenvalue weighted by atomic mass is 32.2. The van der Waals surface area contributed by atoms with E-state index in [0.717, 1.165) is 0 Å². The lowest BCUT2D eigenvalue weighted by Gasteiger charge is -2.45. The van der Waals surface area contributed by atoms with E-state index in [9.17, 15) is 44.2 Å². The lowest BCUT2D eigenvalue weighted by atomic mass is 9.97.